The van der Waals surface area contributed by atoms with E-state index in [1.54, 1.807) is 0 Å². The highest BCUT2D eigenvalue weighted by Crippen LogP contribution is 2.42. The molecule has 16 heteroatoms. The molecule has 0 bridgehead atoms. The zero-order valence-corrected chi connectivity index (χ0v) is 24.1. The number of carbonyl (C=O) groups excluding carboxylic acids is 1. The monoisotopic (exact) mass is 639 g/mol. The molecule has 0 amide bonds. The number of carbonyl (C=O) groups is 1. The van der Waals surface area contributed by atoms with Gasteiger partial charge in [0, 0.05) is 18.8 Å². The van der Waals surface area contributed by atoms with Crippen LogP contribution in [0.3, 0.4) is 0 Å². The van der Waals surface area contributed by atoms with Crippen molar-refractivity contribution in [1.82, 2.24) is 0 Å². The van der Waals surface area contributed by atoms with E-state index in [1.165, 1.54) is 0 Å². The molecule has 3 saturated carbocycles. The molecule has 0 aromatic rings. The summed E-state index contributed by atoms with van der Waals surface area (Å²) < 4.78 is 22.5. The van der Waals surface area contributed by atoms with Gasteiger partial charge in [-0.05, 0) is 32.1 Å². The second-order valence-electron chi connectivity index (χ2n) is 13.2. The van der Waals surface area contributed by atoms with E-state index >= 15 is 0 Å². The van der Waals surface area contributed by atoms with Gasteiger partial charge in [-0.2, -0.15) is 0 Å². The number of hydrogen-bond acceptors (Lipinski definition) is 15. The molecular weight excluding hydrogens is 592 g/mol. The van der Waals surface area contributed by atoms with Crippen molar-refractivity contribution >= 4 is 5.97 Å². The molecule has 0 aromatic heterocycles. The lowest BCUT2D eigenvalue weighted by molar-refractivity contribution is -0.358. The Hall–Kier alpha value is -1.09. The van der Waals surface area contributed by atoms with E-state index in [2.05, 4.69) is 0 Å². The van der Waals surface area contributed by atoms with Gasteiger partial charge in [-0.1, -0.05) is 0 Å². The Labute approximate surface area is 253 Å². The second-order valence-corrected chi connectivity index (χ2v) is 13.2. The Bertz CT molecular complexity index is 948. The van der Waals surface area contributed by atoms with E-state index in [-0.39, 0.29) is 44.9 Å². The number of aliphatic hydroxyl groups is 13. The van der Waals surface area contributed by atoms with Gasteiger partial charge >= 0.3 is 5.97 Å². The molecule has 15 atom stereocenters. The lowest BCUT2D eigenvalue weighted by Crippen LogP contribution is -2.64. The minimum Gasteiger partial charge on any atom is -0.454 e. The number of rotatable bonds is 6. The molecule has 0 aromatic carbocycles. The van der Waals surface area contributed by atoms with Crippen LogP contribution in [0, 0.1) is 17.8 Å². The standard InChI is InChI=1S/C28H46O16/c29-8-20-23(38)24(39)26(44-27(40)10-3-16(34)22(37)17(35)4-10)28(43-20)42-19-7-12-13(31)5-11(30)6-18(12)41-25(19)9-1-14(32)21(36)15(33)2-9/h9-26,28-39H,1-8H2/p+1/t9?,10?,11?,12?,13?,14?,15?,16?,17?,18?,19?,20-,21?,22?,23+,24+,25?,26-,28-/m1/s1. The van der Waals surface area contributed by atoms with Gasteiger partial charge in [-0.3, -0.25) is 4.79 Å². The highest BCUT2D eigenvalue weighted by Gasteiger charge is 2.56. The molecule has 5 rings (SSSR count). The summed E-state index contributed by atoms with van der Waals surface area (Å²) in [5, 5.41) is 113. The van der Waals surface area contributed by atoms with Crippen molar-refractivity contribution in [1.29, 1.82) is 0 Å². The normalized spacial score (nSPS) is 53.5. The Morgan fingerprint density at radius 3 is 1.89 bits per heavy atom. The van der Waals surface area contributed by atoms with Crippen molar-refractivity contribution in [3.05, 3.63) is 0 Å². The SMILES string of the molecule is O=C(O[C@H]1[C@H](OC2CC3C(O)CC(O)CC3[OH+]C2C2CC(O)C(O)C(O)C2)O[C@H](CO)[C@H](O)[C@@H]1O)C1CC(O)C(O)C(O)C1. The van der Waals surface area contributed by atoms with Crippen LogP contribution in [0.25, 0.3) is 0 Å². The largest absolute Gasteiger partial charge is 0.454 e. The summed E-state index contributed by atoms with van der Waals surface area (Å²) >= 11 is 0. The van der Waals surface area contributed by atoms with E-state index in [1.807, 2.05) is 0 Å². The fraction of sp³-hybridized carbons (Fsp3) is 0.964. The molecule has 5 aliphatic rings. The molecule has 254 valence electrons. The van der Waals surface area contributed by atoms with Crippen LogP contribution in [-0.2, 0) is 19.0 Å². The van der Waals surface area contributed by atoms with Gasteiger partial charge in [-0.15, -0.1) is 0 Å². The third kappa shape index (κ3) is 6.94. The predicted molar refractivity (Wildman–Crippen MR) is 143 cm³/mol. The van der Waals surface area contributed by atoms with Crippen LogP contribution < -0.4 is 0 Å². The number of ether oxygens (including phenoxy) is 4. The zero-order valence-electron chi connectivity index (χ0n) is 24.1. The molecule has 0 spiro atoms. The first kappa shape index (κ1) is 34.3. The van der Waals surface area contributed by atoms with Gasteiger partial charge in [0.2, 0.25) is 0 Å². The predicted octanol–water partition coefficient (Wildman–Crippen LogP) is -5.49. The van der Waals surface area contributed by atoms with Crippen LogP contribution in [0.5, 0.6) is 0 Å². The van der Waals surface area contributed by atoms with Crippen LogP contribution in [0.4, 0.5) is 0 Å². The van der Waals surface area contributed by atoms with Gasteiger partial charge in [0.15, 0.2) is 24.6 Å². The summed E-state index contributed by atoms with van der Waals surface area (Å²) in [5.74, 6) is -2.99. The van der Waals surface area contributed by atoms with Crippen molar-refractivity contribution in [2.24, 2.45) is 17.8 Å². The molecule has 2 heterocycles. The molecule has 2 aliphatic heterocycles. The maximum absolute atomic E-state index is 13.1. The van der Waals surface area contributed by atoms with Crippen molar-refractivity contribution < 1.29 is 79.9 Å². The first-order valence-electron chi connectivity index (χ1n) is 15.4. The number of fused-ring (bicyclic) bond motifs is 1. The molecule has 2 saturated heterocycles. The minimum absolute atomic E-state index is 0.0530. The van der Waals surface area contributed by atoms with E-state index in [0.717, 1.165) is 0 Å². The lowest BCUT2D eigenvalue weighted by atomic mass is 9.72. The summed E-state index contributed by atoms with van der Waals surface area (Å²) in [6.07, 6.45) is -19.8. The molecular formula is C28H47O16+. The van der Waals surface area contributed by atoms with Crippen LogP contribution >= 0.6 is 0 Å². The van der Waals surface area contributed by atoms with Gasteiger partial charge < -0.3 is 75.1 Å². The number of esters is 1. The van der Waals surface area contributed by atoms with Gasteiger partial charge in [-0.25, -0.2) is 0 Å². The van der Waals surface area contributed by atoms with Crippen LogP contribution in [0.2, 0.25) is 0 Å². The highest BCUT2D eigenvalue weighted by molar-refractivity contribution is 5.73. The molecule has 3 aliphatic carbocycles. The summed E-state index contributed by atoms with van der Waals surface area (Å²) in [5.41, 5.74) is 0. The van der Waals surface area contributed by atoms with E-state index in [0.29, 0.717) is 0 Å². The maximum atomic E-state index is 13.1. The first-order chi connectivity index (χ1) is 20.8. The molecule has 12 N–H and O–H groups in total. The molecule has 10 unspecified atom stereocenters. The van der Waals surface area contributed by atoms with Gasteiger partial charge in [0.05, 0.1) is 55.1 Å². The molecule has 44 heavy (non-hydrogen) atoms. The van der Waals surface area contributed by atoms with Gasteiger partial charge in [0.1, 0.15) is 36.6 Å². The average Bonchev–Trinajstić information content (AvgIpc) is 2.97. The number of hydrogen-bond donors (Lipinski definition) is 11. The summed E-state index contributed by atoms with van der Waals surface area (Å²) in [6.45, 7) is -0.726. The average molecular weight is 640 g/mol. The van der Waals surface area contributed by atoms with Crippen LogP contribution in [-0.4, -0.2) is 171 Å². The maximum Gasteiger partial charge on any atom is 0.309 e. The topological polar surface area (TPSA) is 280 Å². The van der Waals surface area contributed by atoms with Crippen LogP contribution in [0.15, 0.2) is 0 Å². The van der Waals surface area contributed by atoms with Crippen molar-refractivity contribution in [2.75, 3.05) is 6.61 Å². The highest BCUT2D eigenvalue weighted by atomic mass is 16.7. The minimum atomic E-state index is -1.80. The smallest absolute Gasteiger partial charge is 0.309 e. The second kappa shape index (κ2) is 13.9. The summed E-state index contributed by atoms with van der Waals surface area (Å²) in [4.78, 5) is 13.1. The quantitative estimate of drug-likeness (QED) is 0.0955. The summed E-state index contributed by atoms with van der Waals surface area (Å²) in [7, 11) is 0. The van der Waals surface area contributed by atoms with Crippen molar-refractivity contribution in [2.45, 2.75) is 143 Å². The molecule has 16 nitrogen and oxygen atoms in total. The molecule has 0 radical (unpaired) electrons. The van der Waals surface area contributed by atoms with E-state index in [9.17, 15) is 61.0 Å². The van der Waals surface area contributed by atoms with E-state index in [4.69, 9.17) is 18.9 Å². The van der Waals surface area contributed by atoms with Gasteiger partial charge in [0.25, 0.3) is 0 Å². The third-order valence-corrected chi connectivity index (χ3v) is 10.2. The Kier molecular flexibility index (Phi) is 10.9. The molecule has 5 fully saturated rings. The Morgan fingerprint density at radius 1 is 0.705 bits per heavy atom. The lowest BCUT2D eigenvalue weighted by Gasteiger charge is -2.49. The zero-order chi connectivity index (χ0) is 32.0. The van der Waals surface area contributed by atoms with Crippen molar-refractivity contribution in [3.63, 3.8) is 0 Å². The van der Waals surface area contributed by atoms with Crippen molar-refractivity contribution in [3.8, 4) is 0 Å². The third-order valence-electron chi connectivity index (χ3n) is 10.2. The Balaban J connectivity index is 1.39. The number of aliphatic hydroxyl groups excluding tert-OH is 11. The fourth-order valence-electron chi connectivity index (χ4n) is 7.66. The van der Waals surface area contributed by atoms with E-state index < -0.39 is 128 Å². The summed E-state index contributed by atoms with van der Waals surface area (Å²) in [6, 6.07) is 0. The fourth-order valence-corrected chi connectivity index (χ4v) is 7.66. The first-order valence-corrected chi connectivity index (χ1v) is 15.4. The van der Waals surface area contributed by atoms with Crippen LogP contribution in [0.1, 0.15) is 44.9 Å². The Morgan fingerprint density at radius 2 is 1.30 bits per heavy atom.